The lowest BCUT2D eigenvalue weighted by Gasteiger charge is -2.31. The molecule has 1 fully saturated rings. The molecule has 138 valence electrons. The predicted molar refractivity (Wildman–Crippen MR) is 106 cm³/mol. The zero-order chi connectivity index (χ0) is 18.2. The molecule has 1 aliphatic heterocycles. The first-order chi connectivity index (χ1) is 12.8. The molecule has 2 aromatic rings. The molecular weight excluding hydrogens is 322 g/mol. The molecule has 0 unspecified atom stereocenters. The van der Waals surface area contributed by atoms with Gasteiger partial charge >= 0.3 is 5.97 Å². The van der Waals surface area contributed by atoms with Crippen LogP contribution in [0.1, 0.15) is 38.2 Å². The maximum Gasteiger partial charge on any atom is 0.310 e. The fourth-order valence-electron chi connectivity index (χ4n) is 3.59. The summed E-state index contributed by atoms with van der Waals surface area (Å²) in [6, 6.07) is 18.3. The summed E-state index contributed by atoms with van der Waals surface area (Å²) in [5.74, 6) is -0.111. The third-order valence-corrected chi connectivity index (χ3v) is 5.10. The number of benzene rings is 2. The number of hydrogen-bond acceptors (Lipinski definition) is 3. The molecule has 0 bridgehead atoms. The van der Waals surface area contributed by atoms with Gasteiger partial charge in [-0.1, -0.05) is 67.9 Å². The third kappa shape index (κ3) is 5.18. The molecule has 0 N–H and O–H groups in total. The van der Waals surface area contributed by atoms with Crippen LogP contribution in [0.15, 0.2) is 54.6 Å². The fraction of sp³-hybridized carbons (Fsp3) is 0.435. The Labute approximate surface area is 157 Å². The van der Waals surface area contributed by atoms with E-state index >= 15 is 0 Å². The Bertz CT molecular complexity index is 690. The number of unbranched alkanes of at least 4 members (excludes halogenated alkanes) is 1. The normalized spacial score (nSPS) is 15.7. The van der Waals surface area contributed by atoms with Crippen molar-refractivity contribution in [1.82, 2.24) is 4.90 Å². The van der Waals surface area contributed by atoms with Crippen LogP contribution in [-0.2, 0) is 16.0 Å². The lowest BCUT2D eigenvalue weighted by molar-refractivity contribution is -0.150. The number of carbonyl (C=O) groups is 1. The quantitative estimate of drug-likeness (QED) is 0.677. The molecule has 0 amide bonds. The van der Waals surface area contributed by atoms with Gasteiger partial charge in [-0.2, -0.15) is 0 Å². The van der Waals surface area contributed by atoms with Gasteiger partial charge in [0.05, 0.1) is 6.42 Å². The third-order valence-electron chi connectivity index (χ3n) is 5.10. The van der Waals surface area contributed by atoms with Crippen molar-refractivity contribution in [2.24, 2.45) is 0 Å². The molecule has 1 aliphatic rings. The summed E-state index contributed by atoms with van der Waals surface area (Å²) in [4.78, 5) is 15.0. The average Bonchev–Trinajstić information content (AvgIpc) is 2.68. The minimum absolute atomic E-state index is 0.0734. The number of likely N-dealkylation sites (tertiary alicyclic amines) is 1. The van der Waals surface area contributed by atoms with Crippen molar-refractivity contribution in [2.75, 3.05) is 19.6 Å². The molecular formula is C23H29NO2. The van der Waals surface area contributed by atoms with Crippen molar-refractivity contribution in [2.45, 2.75) is 45.1 Å². The van der Waals surface area contributed by atoms with Crippen LogP contribution in [0.25, 0.3) is 11.1 Å². The van der Waals surface area contributed by atoms with E-state index in [4.69, 9.17) is 4.74 Å². The number of piperidine rings is 1. The molecule has 26 heavy (non-hydrogen) atoms. The molecule has 1 saturated heterocycles. The summed E-state index contributed by atoms with van der Waals surface area (Å²) < 4.78 is 5.77. The second-order valence-electron chi connectivity index (χ2n) is 7.08. The van der Waals surface area contributed by atoms with Crippen molar-refractivity contribution >= 4 is 5.97 Å². The highest BCUT2D eigenvalue weighted by Crippen LogP contribution is 2.24. The topological polar surface area (TPSA) is 29.5 Å². The van der Waals surface area contributed by atoms with Crippen LogP contribution in [-0.4, -0.2) is 36.6 Å². The maximum absolute atomic E-state index is 12.5. The predicted octanol–water partition coefficient (Wildman–Crippen LogP) is 4.70. The van der Waals surface area contributed by atoms with Gasteiger partial charge in [-0.05, 0) is 42.5 Å². The molecule has 2 aromatic carbocycles. The molecule has 0 spiro atoms. The molecule has 0 aromatic heterocycles. The summed E-state index contributed by atoms with van der Waals surface area (Å²) in [7, 11) is 0. The van der Waals surface area contributed by atoms with Crippen LogP contribution in [0.5, 0.6) is 0 Å². The molecule has 3 nitrogen and oxygen atoms in total. The van der Waals surface area contributed by atoms with Crippen molar-refractivity contribution < 1.29 is 9.53 Å². The number of esters is 1. The van der Waals surface area contributed by atoms with Gasteiger partial charge in [0.25, 0.3) is 0 Å². The highest BCUT2D eigenvalue weighted by atomic mass is 16.5. The number of nitrogens with zero attached hydrogens (tertiary/aromatic N) is 1. The molecule has 0 aliphatic carbocycles. The Balaban J connectivity index is 1.55. The maximum atomic E-state index is 12.5. The van der Waals surface area contributed by atoms with Crippen molar-refractivity contribution in [3.8, 4) is 11.1 Å². The van der Waals surface area contributed by atoms with E-state index in [0.29, 0.717) is 6.42 Å². The standard InChI is InChI=1S/C23H29NO2/c1-2-3-15-24-16-13-21(14-17-24)26-23(25)18-20-11-7-8-12-22(20)19-9-5-4-6-10-19/h4-12,21H,2-3,13-18H2,1H3. The Morgan fingerprint density at radius 2 is 1.73 bits per heavy atom. The summed E-state index contributed by atoms with van der Waals surface area (Å²) in [6.07, 6.45) is 4.80. The summed E-state index contributed by atoms with van der Waals surface area (Å²) in [5, 5.41) is 0. The van der Waals surface area contributed by atoms with Crippen molar-refractivity contribution in [1.29, 1.82) is 0 Å². The Kier molecular flexibility index (Phi) is 6.84. The number of ether oxygens (including phenoxy) is 1. The van der Waals surface area contributed by atoms with Crippen LogP contribution >= 0.6 is 0 Å². The second-order valence-corrected chi connectivity index (χ2v) is 7.08. The van der Waals surface area contributed by atoms with E-state index in [9.17, 15) is 4.79 Å². The van der Waals surface area contributed by atoms with E-state index in [1.807, 2.05) is 36.4 Å². The van der Waals surface area contributed by atoms with E-state index in [2.05, 4.69) is 30.0 Å². The van der Waals surface area contributed by atoms with Gasteiger partial charge in [-0.25, -0.2) is 0 Å². The first-order valence-corrected chi connectivity index (χ1v) is 9.81. The van der Waals surface area contributed by atoms with Gasteiger partial charge in [0.1, 0.15) is 6.10 Å². The minimum Gasteiger partial charge on any atom is -0.462 e. The van der Waals surface area contributed by atoms with Crippen molar-refractivity contribution in [3.05, 3.63) is 60.2 Å². The molecule has 3 heteroatoms. The average molecular weight is 351 g/mol. The molecule has 0 atom stereocenters. The van der Waals surface area contributed by atoms with Crippen LogP contribution in [0.3, 0.4) is 0 Å². The lowest BCUT2D eigenvalue weighted by atomic mass is 9.98. The van der Waals surface area contributed by atoms with E-state index in [0.717, 1.165) is 42.6 Å². The first kappa shape index (κ1) is 18.7. The smallest absolute Gasteiger partial charge is 0.310 e. The van der Waals surface area contributed by atoms with Gasteiger partial charge in [0.2, 0.25) is 0 Å². The second kappa shape index (κ2) is 9.54. The SMILES string of the molecule is CCCCN1CCC(OC(=O)Cc2ccccc2-c2ccccc2)CC1. The van der Waals surface area contributed by atoms with E-state index in [1.54, 1.807) is 0 Å². The Hall–Kier alpha value is -2.13. The van der Waals surface area contributed by atoms with E-state index in [-0.39, 0.29) is 12.1 Å². The van der Waals surface area contributed by atoms with Gasteiger partial charge in [0, 0.05) is 13.1 Å². The first-order valence-electron chi connectivity index (χ1n) is 9.81. The number of rotatable bonds is 7. The van der Waals surface area contributed by atoms with Crippen molar-refractivity contribution in [3.63, 3.8) is 0 Å². The molecule has 0 saturated carbocycles. The zero-order valence-electron chi connectivity index (χ0n) is 15.7. The largest absolute Gasteiger partial charge is 0.462 e. The highest BCUT2D eigenvalue weighted by molar-refractivity contribution is 5.78. The summed E-state index contributed by atoms with van der Waals surface area (Å²) in [6.45, 7) is 5.47. The van der Waals surface area contributed by atoms with Gasteiger partial charge in [-0.3, -0.25) is 4.79 Å². The fourth-order valence-corrected chi connectivity index (χ4v) is 3.59. The number of hydrogen-bond donors (Lipinski definition) is 0. The molecule has 0 radical (unpaired) electrons. The van der Waals surface area contributed by atoms with Gasteiger partial charge in [0.15, 0.2) is 0 Å². The minimum atomic E-state index is -0.111. The lowest BCUT2D eigenvalue weighted by Crippen LogP contribution is -2.38. The monoisotopic (exact) mass is 351 g/mol. The summed E-state index contributed by atoms with van der Waals surface area (Å²) in [5.41, 5.74) is 3.28. The van der Waals surface area contributed by atoms with Crippen LogP contribution in [0.4, 0.5) is 0 Å². The van der Waals surface area contributed by atoms with Gasteiger partial charge in [-0.15, -0.1) is 0 Å². The number of carbonyl (C=O) groups excluding carboxylic acids is 1. The van der Waals surface area contributed by atoms with Crippen LogP contribution in [0, 0.1) is 0 Å². The summed E-state index contributed by atoms with van der Waals surface area (Å²) >= 11 is 0. The van der Waals surface area contributed by atoms with Crippen LogP contribution < -0.4 is 0 Å². The van der Waals surface area contributed by atoms with Gasteiger partial charge < -0.3 is 9.64 Å². The zero-order valence-corrected chi connectivity index (χ0v) is 15.7. The molecule has 1 heterocycles. The Morgan fingerprint density at radius 1 is 1.04 bits per heavy atom. The van der Waals surface area contributed by atoms with E-state index in [1.165, 1.54) is 19.4 Å². The highest BCUT2D eigenvalue weighted by Gasteiger charge is 2.22. The molecule has 3 rings (SSSR count). The van der Waals surface area contributed by atoms with Crippen LogP contribution in [0.2, 0.25) is 0 Å². The van der Waals surface area contributed by atoms with E-state index < -0.39 is 0 Å². The Morgan fingerprint density at radius 3 is 2.46 bits per heavy atom.